The minimum atomic E-state index is 0.497. The van der Waals surface area contributed by atoms with E-state index in [0.717, 1.165) is 37.6 Å². The van der Waals surface area contributed by atoms with E-state index in [-0.39, 0.29) is 0 Å². The molecule has 15 heavy (non-hydrogen) atoms. The molecule has 3 saturated heterocycles. The Hall–Kier alpha value is -0.120. The smallest absolute Gasteiger partial charge is 0.0879 e. The average molecular weight is 208 g/mol. The molecule has 82 valence electrons. The predicted molar refractivity (Wildman–Crippen MR) is 51.4 cm³/mol. The summed E-state index contributed by atoms with van der Waals surface area (Å²) in [5.74, 6) is 2.53. The van der Waals surface area contributed by atoms with E-state index >= 15 is 0 Å². The zero-order chi connectivity index (χ0) is 9.62. The summed E-state index contributed by atoms with van der Waals surface area (Å²) in [6.45, 7) is 2.99. The molecule has 6 unspecified atom stereocenters. The third-order valence-electron chi connectivity index (χ3n) is 5.46. The normalized spacial score (nSPS) is 62.4. The summed E-state index contributed by atoms with van der Waals surface area (Å²) in [5.41, 5.74) is 0.497. The van der Waals surface area contributed by atoms with Gasteiger partial charge in [-0.3, -0.25) is 0 Å². The lowest BCUT2D eigenvalue weighted by Crippen LogP contribution is -2.47. The molecule has 0 aromatic heterocycles. The highest BCUT2D eigenvalue weighted by Gasteiger charge is 2.71. The van der Waals surface area contributed by atoms with Crippen LogP contribution >= 0.6 is 0 Å². The van der Waals surface area contributed by atoms with Gasteiger partial charge in [0.25, 0.3) is 0 Å². The van der Waals surface area contributed by atoms with Crippen molar-refractivity contribution in [1.29, 1.82) is 0 Å². The van der Waals surface area contributed by atoms with Gasteiger partial charge in [0.2, 0.25) is 0 Å². The highest BCUT2D eigenvalue weighted by Crippen LogP contribution is 2.67. The van der Waals surface area contributed by atoms with Gasteiger partial charge in [0, 0.05) is 11.3 Å². The first kappa shape index (κ1) is 8.04. The zero-order valence-electron chi connectivity index (χ0n) is 8.72. The van der Waals surface area contributed by atoms with Crippen molar-refractivity contribution in [2.75, 3.05) is 19.8 Å². The quantitative estimate of drug-likeness (QED) is 0.598. The summed E-state index contributed by atoms with van der Waals surface area (Å²) >= 11 is 0. The van der Waals surface area contributed by atoms with E-state index in [1.165, 1.54) is 12.8 Å². The topological polar surface area (TPSA) is 34.3 Å². The molecule has 5 fully saturated rings. The second-order valence-electron chi connectivity index (χ2n) is 6.16. The van der Waals surface area contributed by atoms with Crippen LogP contribution in [0.1, 0.15) is 12.8 Å². The third kappa shape index (κ3) is 0.855. The molecule has 0 N–H and O–H groups in total. The van der Waals surface area contributed by atoms with Crippen LogP contribution in [0.5, 0.6) is 0 Å². The van der Waals surface area contributed by atoms with E-state index in [1.54, 1.807) is 0 Å². The van der Waals surface area contributed by atoms with Crippen molar-refractivity contribution in [1.82, 2.24) is 0 Å². The van der Waals surface area contributed by atoms with Crippen molar-refractivity contribution in [2.24, 2.45) is 23.2 Å². The average Bonchev–Trinajstić information content (AvgIpc) is 3.06. The zero-order valence-corrected chi connectivity index (χ0v) is 8.72. The summed E-state index contributed by atoms with van der Waals surface area (Å²) in [6, 6.07) is 0. The van der Waals surface area contributed by atoms with E-state index in [4.69, 9.17) is 14.2 Å². The number of hydrogen-bond acceptors (Lipinski definition) is 3. The summed E-state index contributed by atoms with van der Waals surface area (Å²) in [5, 5.41) is 0. The van der Waals surface area contributed by atoms with Crippen molar-refractivity contribution in [3.8, 4) is 0 Å². The molecule has 5 aliphatic rings. The molecule has 0 aromatic rings. The van der Waals surface area contributed by atoms with Gasteiger partial charge in [0.1, 0.15) is 0 Å². The van der Waals surface area contributed by atoms with Crippen LogP contribution in [0.3, 0.4) is 0 Å². The van der Waals surface area contributed by atoms with E-state index < -0.39 is 0 Å². The molecule has 5 rings (SSSR count). The maximum atomic E-state index is 5.75. The highest BCUT2D eigenvalue weighted by molar-refractivity contribution is 5.18. The van der Waals surface area contributed by atoms with Crippen LogP contribution in [0.25, 0.3) is 0 Å². The van der Waals surface area contributed by atoms with Gasteiger partial charge < -0.3 is 14.2 Å². The first-order valence-electron chi connectivity index (χ1n) is 6.22. The SMILES string of the molecule is C1OC1C1CC2(COC2)C2C1CC1OC12. The maximum absolute atomic E-state index is 5.75. The Labute approximate surface area is 89.1 Å². The standard InChI is InChI=1S/C12H16O3/c1-6-7(9-3-14-9)2-12(4-13-5-12)10(6)11-8(1)15-11/h6-11H,1-5H2. The molecule has 0 radical (unpaired) electrons. The molecule has 0 amide bonds. The van der Waals surface area contributed by atoms with E-state index in [2.05, 4.69) is 0 Å². The minimum Gasteiger partial charge on any atom is -0.380 e. The Balaban J connectivity index is 1.54. The molecule has 3 heterocycles. The number of fused-ring (bicyclic) bond motifs is 4. The Kier molecular flexibility index (Phi) is 1.21. The Bertz CT molecular complexity index is 321. The van der Waals surface area contributed by atoms with Crippen molar-refractivity contribution < 1.29 is 14.2 Å². The van der Waals surface area contributed by atoms with Gasteiger partial charge in [-0.1, -0.05) is 0 Å². The van der Waals surface area contributed by atoms with Crippen molar-refractivity contribution >= 4 is 0 Å². The van der Waals surface area contributed by atoms with Crippen LogP contribution in [-0.2, 0) is 14.2 Å². The van der Waals surface area contributed by atoms with Crippen molar-refractivity contribution in [3.05, 3.63) is 0 Å². The fraction of sp³-hybridized carbons (Fsp3) is 1.00. The fourth-order valence-corrected chi connectivity index (χ4v) is 4.71. The van der Waals surface area contributed by atoms with Gasteiger partial charge in [0.15, 0.2) is 0 Å². The fourth-order valence-electron chi connectivity index (χ4n) is 4.71. The van der Waals surface area contributed by atoms with Gasteiger partial charge >= 0.3 is 0 Å². The highest BCUT2D eigenvalue weighted by atomic mass is 16.6. The van der Waals surface area contributed by atoms with Crippen molar-refractivity contribution in [3.63, 3.8) is 0 Å². The predicted octanol–water partition coefficient (Wildman–Crippen LogP) is 0.825. The van der Waals surface area contributed by atoms with Crippen LogP contribution in [0, 0.1) is 23.2 Å². The molecule has 0 bridgehead atoms. The second-order valence-corrected chi connectivity index (χ2v) is 6.16. The maximum Gasteiger partial charge on any atom is 0.0879 e. The molecule has 6 atom stereocenters. The summed E-state index contributed by atoms with van der Waals surface area (Å²) in [7, 11) is 0. The molecule has 2 aliphatic carbocycles. The Morgan fingerprint density at radius 3 is 2.60 bits per heavy atom. The monoisotopic (exact) mass is 208 g/mol. The molecule has 3 heteroatoms. The van der Waals surface area contributed by atoms with Crippen LogP contribution in [0.4, 0.5) is 0 Å². The number of hydrogen-bond donors (Lipinski definition) is 0. The largest absolute Gasteiger partial charge is 0.380 e. The van der Waals surface area contributed by atoms with E-state index in [1.807, 2.05) is 0 Å². The lowest BCUT2D eigenvalue weighted by molar-refractivity contribution is -0.142. The van der Waals surface area contributed by atoms with Crippen LogP contribution in [0.2, 0.25) is 0 Å². The van der Waals surface area contributed by atoms with Gasteiger partial charge in [-0.15, -0.1) is 0 Å². The van der Waals surface area contributed by atoms with Crippen LogP contribution in [0.15, 0.2) is 0 Å². The molecule has 0 aromatic carbocycles. The van der Waals surface area contributed by atoms with Crippen molar-refractivity contribution in [2.45, 2.75) is 31.2 Å². The summed E-state index contributed by atoms with van der Waals surface area (Å²) in [4.78, 5) is 0. The van der Waals surface area contributed by atoms with Crippen LogP contribution in [-0.4, -0.2) is 38.1 Å². The molecular formula is C12H16O3. The Morgan fingerprint density at radius 2 is 1.93 bits per heavy atom. The van der Waals surface area contributed by atoms with Gasteiger partial charge in [-0.05, 0) is 24.7 Å². The lowest BCUT2D eigenvalue weighted by Gasteiger charge is -2.43. The number of rotatable bonds is 1. The van der Waals surface area contributed by atoms with Gasteiger partial charge in [0.05, 0.1) is 38.1 Å². The molecule has 1 spiro atoms. The second kappa shape index (κ2) is 2.27. The summed E-state index contributed by atoms with van der Waals surface area (Å²) in [6.07, 6.45) is 4.46. The summed E-state index contributed by atoms with van der Waals surface area (Å²) < 4.78 is 16.8. The first-order valence-corrected chi connectivity index (χ1v) is 6.22. The minimum absolute atomic E-state index is 0.497. The lowest BCUT2D eigenvalue weighted by atomic mass is 9.74. The molecule has 3 nitrogen and oxygen atoms in total. The van der Waals surface area contributed by atoms with Crippen LogP contribution < -0.4 is 0 Å². The number of epoxide rings is 2. The van der Waals surface area contributed by atoms with E-state index in [9.17, 15) is 0 Å². The molecular weight excluding hydrogens is 192 g/mol. The third-order valence-corrected chi connectivity index (χ3v) is 5.46. The molecule has 3 aliphatic heterocycles. The van der Waals surface area contributed by atoms with E-state index in [0.29, 0.717) is 23.7 Å². The first-order chi connectivity index (χ1) is 7.37. The molecule has 2 saturated carbocycles. The van der Waals surface area contributed by atoms with Gasteiger partial charge in [-0.2, -0.15) is 0 Å². The van der Waals surface area contributed by atoms with Gasteiger partial charge in [-0.25, -0.2) is 0 Å². The number of ether oxygens (including phenoxy) is 3. The Morgan fingerprint density at radius 1 is 1.07 bits per heavy atom.